The Labute approximate surface area is 64.4 Å². The summed E-state index contributed by atoms with van der Waals surface area (Å²) >= 11 is 0. The van der Waals surface area contributed by atoms with Crippen LogP contribution in [0.3, 0.4) is 0 Å². The molecule has 0 bridgehead atoms. The second-order valence-corrected chi connectivity index (χ2v) is 1.86. The van der Waals surface area contributed by atoms with Crippen LogP contribution in [0.5, 0.6) is 0 Å². The Balaban J connectivity index is 3.33. The molecule has 0 radical (unpaired) electrons. The van der Waals surface area contributed by atoms with Gasteiger partial charge < -0.3 is 11.1 Å². The molecule has 0 aromatic heterocycles. The van der Waals surface area contributed by atoms with Gasteiger partial charge in [0.25, 0.3) is 0 Å². The molecule has 0 unspecified atom stereocenters. The van der Waals surface area contributed by atoms with Gasteiger partial charge in [-0.1, -0.05) is 0 Å². The quantitative estimate of drug-likeness (QED) is 0.173. The summed E-state index contributed by atoms with van der Waals surface area (Å²) in [6, 6.07) is 0. The predicted octanol–water partition coefficient (Wildman–Crippen LogP) is -1.58. The van der Waals surface area contributed by atoms with Crippen LogP contribution in [0.25, 0.3) is 0 Å². The summed E-state index contributed by atoms with van der Waals surface area (Å²) in [7, 11) is 0. The van der Waals surface area contributed by atoms with Crippen LogP contribution in [-0.4, -0.2) is 30.2 Å². The lowest BCUT2D eigenvalue weighted by Crippen LogP contribution is -2.30. The van der Waals surface area contributed by atoms with Gasteiger partial charge in [0, 0.05) is 13.5 Å². The molecule has 5 N–H and O–H groups in total. The van der Waals surface area contributed by atoms with E-state index in [4.69, 9.17) is 10.9 Å². The molecule has 0 aromatic carbocycles. The summed E-state index contributed by atoms with van der Waals surface area (Å²) in [5.74, 6) is -0.175. The van der Waals surface area contributed by atoms with Crippen molar-refractivity contribution in [3.63, 3.8) is 0 Å². The number of amides is 1. The van der Waals surface area contributed by atoms with Crippen molar-refractivity contribution in [1.29, 1.82) is 0 Å². The number of nitrogens with zero attached hydrogens (tertiary/aromatic N) is 1. The first-order valence-electron chi connectivity index (χ1n) is 3.11. The van der Waals surface area contributed by atoms with E-state index in [0.29, 0.717) is 13.1 Å². The maximum atomic E-state index is 10.3. The number of aliphatic imine (C=N–C) groups is 1. The average molecular weight is 160 g/mol. The number of hydrogen-bond acceptors (Lipinski definition) is 3. The number of carbonyl (C=O) groups excluding carboxylic acids is 1. The van der Waals surface area contributed by atoms with Gasteiger partial charge in [-0.2, -0.15) is 0 Å². The number of nitrogens with two attached hydrogens (primary N) is 1. The van der Waals surface area contributed by atoms with Crippen LogP contribution >= 0.6 is 0 Å². The summed E-state index contributed by atoms with van der Waals surface area (Å²) in [4.78, 5) is 13.9. The van der Waals surface area contributed by atoms with Crippen LogP contribution in [0.2, 0.25) is 0 Å². The molecule has 0 aliphatic heterocycles. The molecule has 0 heterocycles. The number of hydroxylamine groups is 1. The molecule has 6 nitrogen and oxygen atoms in total. The monoisotopic (exact) mass is 160 g/mol. The van der Waals surface area contributed by atoms with Crippen molar-refractivity contribution in [2.45, 2.75) is 6.92 Å². The summed E-state index contributed by atoms with van der Waals surface area (Å²) in [5, 5.41) is 10.7. The van der Waals surface area contributed by atoms with Crippen molar-refractivity contribution >= 4 is 11.9 Å². The van der Waals surface area contributed by atoms with Crippen LogP contribution < -0.4 is 16.5 Å². The lowest BCUT2D eigenvalue weighted by molar-refractivity contribution is -0.118. The molecule has 0 atom stereocenters. The van der Waals surface area contributed by atoms with E-state index in [1.165, 1.54) is 6.92 Å². The Morgan fingerprint density at radius 2 is 2.36 bits per heavy atom. The van der Waals surface area contributed by atoms with Crippen LogP contribution in [0.4, 0.5) is 0 Å². The highest BCUT2D eigenvalue weighted by Gasteiger charge is 1.89. The van der Waals surface area contributed by atoms with Gasteiger partial charge in [-0.3, -0.25) is 10.0 Å². The van der Waals surface area contributed by atoms with Gasteiger partial charge in [-0.05, 0) is 0 Å². The highest BCUT2D eigenvalue weighted by Crippen LogP contribution is 1.67. The lowest BCUT2D eigenvalue weighted by atomic mass is 10.6. The Bertz CT molecular complexity index is 157. The minimum Gasteiger partial charge on any atom is -0.368 e. The van der Waals surface area contributed by atoms with Crippen LogP contribution in [-0.2, 0) is 4.79 Å². The molecule has 0 aliphatic rings. The van der Waals surface area contributed by atoms with E-state index in [1.54, 1.807) is 5.48 Å². The second-order valence-electron chi connectivity index (χ2n) is 1.86. The molecule has 11 heavy (non-hydrogen) atoms. The van der Waals surface area contributed by atoms with E-state index < -0.39 is 0 Å². The number of guanidine groups is 1. The Kier molecular flexibility index (Phi) is 4.83. The van der Waals surface area contributed by atoms with Crippen molar-refractivity contribution in [3.05, 3.63) is 0 Å². The highest BCUT2D eigenvalue weighted by molar-refractivity contribution is 5.76. The highest BCUT2D eigenvalue weighted by atomic mass is 16.5. The zero-order valence-corrected chi connectivity index (χ0v) is 6.29. The van der Waals surface area contributed by atoms with E-state index >= 15 is 0 Å². The Morgan fingerprint density at radius 1 is 1.73 bits per heavy atom. The molecular weight excluding hydrogens is 148 g/mol. The minimum atomic E-state index is -0.115. The van der Waals surface area contributed by atoms with Gasteiger partial charge in [0.2, 0.25) is 11.9 Å². The standard InChI is InChI=1S/C5H12N4O2/c1-4(10)7-2-3-8-5(6)9-11/h11H,2-3H2,1H3,(H,7,10)(H3,6,8,9). The fourth-order valence-corrected chi connectivity index (χ4v) is 0.444. The van der Waals surface area contributed by atoms with E-state index in [-0.39, 0.29) is 11.9 Å². The largest absolute Gasteiger partial charge is 0.368 e. The fourth-order valence-electron chi connectivity index (χ4n) is 0.444. The smallest absolute Gasteiger partial charge is 0.216 e. The Morgan fingerprint density at radius 3 is 2.82 bits per heavy atom. The van der Waals surface area contributed by atoms with Crippen molar-refractivity contribution in [2.24, 2.45) is 10.7 Å². The second kappa shape index (κ2) is 5.48. The predicted molar refractivity (Wildman–Crippen MR) is 40.1 cm³/mol. The molecule has 0 rings (SSSR count). The molecule has 0 spiro atoms. The molecule has 0 aromatic rings. The van der Waals surface area contributed by atoms with Gasteiger partial charge in [0.15, 0.2) is 0 Å². The zero-order valence-electron chi connectivity index (χ0n) is 6.29. The maximum absolute atomic E-state index is 10.3. The Hall–Kier alpha value is -1.30. The summed E-state index contributed by atoms with van der Waals surface area (Å²) in [5.41, 5.74) is 6.73. The van der Waals surface area contributed by atoms with Gasteiger partial charge in [0.1, 0.15) is 0 Å². The molecule has 0 aliphatic carbocycles. The van der Waals surface area contributed by atoms with Gasteiger partial charge in [-0.15, -0.1) is 0 Å². The van der Waals surface area contributed by atoms with E-state index in [2.05, 4.69) is 10.3 Å². The normalized spacial score (nSPS) is 10.9. The molecule has 0 saturated carbocycles. The first kappa shape index (κ1) is 9.70. The van der Waals surface area contributed by atoms with Crippen molar-refractivity contribution in [3.8, 4) is 0 Å². The average Bonchev–Trinajstić information content (AvgIpc) is 1.97. The van der Waals surface area contributed by atoms with Crippen molar-refractivity contribution < 1.29 is 10.0 Å². The number of rotatable bonds is 3. The van der Waals surface area contributed by atoms with E-state index in [1.807, 2.05) is 0 Å². The molecule has 1 amide bonds. The van der Waals surface area contributed by atoms with Gasteiger partial charge in [0.05, 0.1) is 6.54 Å². The number of carbonyl (C=O) groups is 1. The summed E-state index contributed by atoms with van der Waals surface area (Å²) in [6.45, 7) is 2.17. The molecule has 6 heteroatoms. The van der Waals surface area contributed by atoms with Crippen LogP contribution in [0, 0.1) is 0 Å². The molecular formula is C5H12N4O2. The molecule has 64 valence electrons. The van der Waals surface area contributed by atoms with Crippen molar-refractivity contribution in [2.75, 3.05) is 13.1 Å². The molecule has 0 fully saturated rings. The fraction of sp³-hybridized carbons (Fsp3) is 0.600. The third kappa shape index (κ3) is 6.59. The number of hydrogen-bond donors (Lipinski definition) is 4. The SMILES string of the molecule is CC(=O)NCCN=C(N)NO. The van der Waals surface area contributed by atoms with Gasteiger partial charge >= 0.3 is 0 Å². The zero-order chi connectivity index (χ0) is 8.69. The maximum Gasteiger partial charge on any atom is 0.216 e. The van der Waals surface area contributed by atoms with E-state index in [0.717, 1.165) is 0 Å². The van der Waals surface area contributed by atoms with Crippen LogP contribution in [0.15, 0.2) is 4.99 Å². The summed E-state index contributed by atoms with van der Waals surface area (Å²) in [6.07, 6.45) is 0. The third-order valence-electron chi connectivity index (χ3n) is 0.882. The minimum absolute atomic E-state index is 0.0599. The van der Waals surface area contributed by atoms with Crippen LogP contribution in [0.1, 0.15) is 6.92 Å². The van der Waals surface area contributed by atoms with Gasteiger partial charge in [-0.25, -0.2) is 10.5 Å². The topological polar surface area (TPSA) is 99.7 Å². The first-order valence-corrected chi connectivity index (χ1v) is 3.11. The third-order valence-corrected chi connectivity index (χ3v) is 0.882. The van der Waals surface area contributed by atoms with Crippen molar-refractivity contribution in [1.82, 2.24) is 10.8 Å². The first-order chi connectivity index (χ1) is 5.16. The number of nitrogens with one attached hydrogen (secondary N) is 2. The van der Waals surface area contributed by atoms with E-state index in [9.17, 15) is 4.79 Å². The lowest BCUT2D eigenvalue weighted by Gasteiger charge is -1.98. The summed E-state index contributed by atoms with van der Waals surface area (Å²) < 4.78 is 0. The molecule has 0 saturated heterocycles.